The van der Waals surface area contributed by atoms with Gasteiger partial charge in [-0.1, -0.05) is 34.6 Å². The topological polar surface area (TPSA) is 227 Å². The number of cyclic esters (lactones) is 1. The van der Waals surface area contributed by atoms with Crippen LogP contribution in [-0.2, 0) is 66.6 Å². The van der Waals surface area contributed by atoms with Gasteiger partial charge in [-0.15, -0.1) is 0 Å². The molecule has 0 saturated carbocycles. The van der Waals surface area contributed by atoms with E-state index in [1.165, 1.54) is 39.9 Å². The van der Waals surface area contributed by atoms with Crippen LogP contribution in [0.25, 0.3) is 0 Å². The summed E-state index contributed by atoms with van der Waals surface area (Å²) in [7, 11) is 4.58. The molecule has 0 aliphatic carbocycles. The van der Waals surface area contributed by atoms with Crippen molar-refractivity contribution in [2.45, 2.75) is 219 Å². The fourth-order valence-corrected chi connectivity index (χ4v) is 10.0. The van der Waals surface area contributed by atoms with Crippen molar-refractivity contribution in [3.8, 4) is 0 Å². The van der Waals surface area contributed by atoms with Crippen molar-refractivity contribution in [1.82, 2.24) is 15.1 Å². The second-order valence-corrected chi connectivity index (χ2v) is 19.7. The molecule has 3 aliphatic heterocycles. The quantitative estimate of drug-likeness (QED) is 0.158. The molecule has 3 aliphatic rings. The first-order valence-electron chi connectivity index (χ1n) is 24.1. The second-order valence-electron chi connectivity index (χ2n) is 19.7. The number of methoxy groups -OCH3 is 2. The summed E-state index contributed by atoms with van der Waals surface area (Å²) in [5.41, 5.74) is -4.54. The van der Waals surface area contributed by atoms with Crippen molar-refractivity contribution in [2.75, 3.05) is 40.9 Å². The molecule has 3 fully saturated rings. The van der Waals surface area contributed by atoms with Gasteiger partial charge in [0.15, 0.2) is 24.8 Å². The van der Waals surface area contributed by atoms with Crippen LogP contribution in [0.3, 0.4) is 0 Å². The maximum Gasteiger partial charge on any atom is 0.311 e. The van der Waals surface area contributed by atoms with E-state index < -0.39 is 132 Å². The van der Waals surface area contributed by atoms with Gasteiger partial charge in [0.25, 0.3) is 0 Å². The molecule has 388 valence electrons. The lowest BCUT2D eigenvalue weighted by Crippen LogP contribution is -2.62. The number of hydrogen-bond donors (Lipinski definition) is 3. The van der Waals surface area contributed by atoms with Gasteiger partial charge < -0.3 is 68.0 Å². The Balaban J connectivity index is 2.25. The minimum Gasteiger partial charge on any atom is -0.459 e. The number of hydrogen-bond acceptors (Lipinski definition) is 17. The lowest BCUT2D eigenvalue weighted by atomic mass is 9.77. The van der Waals surface area contributed by atoms with Crippen LogP contribution in [0.2, 0.25) is 0 Å². The molecule has 0 bridgehead atoms. The Morgan fingerprint density at radius 1 is 0.851 bits per heavy atom. The number of rotatable bonds is 15. The highest BCUT2D eigenvalue weighted by Gasteiger charge is 2.55. The molecule has 2 amide bonds. The smallest absolute Gasteiger partial charge is 0.311 e. The molecule has 67 heavy (non-hydrogen) atoms. The fourth-order valence-electron chi connectivity index (χ4n) is 10.0. The third-order valence-corrected chi connectivity index (χ3v) is 14.5. The van der Waals surface area contributed by atoms with Crippen LogP contribution >= 0.6 is 0 Å². The van der Waals surface area contributed by atoms with Gasteiger partial charge in [-0.3, -0.25) is 24.0 Å². The van der Waals surface area contributed by atoms with Gasteiger partial charge in [-0.05, 0) is 80.8 Å². The van der Waals surface area contributed by atoms with E-state index in [0.29, 0.717) is 13.0 Å². The SMILES string of the molecule is CC[C@H]1OC(=O)[C@H](C)[C@@H](O[C@H]2C[C@@](C)(OC)[C@@H](OC(=O)CCN(CC)CC)[C@H](C)O2)[C@H](C)[C@@H](O[C@@H]2O[C@H](C)C[C@H](N(C)C(C)=O)[C@H]2OC(C)=O)[C@](C)(OC)C[C@@H](C)C(=O)N[C@H](C)[C@@H](O)[C@]1(C)O. The summed E-state index contributed by atoms with van der Waals surface area (Å²) in [6.07, 6.45) is -10.0. The number of likely N-dealkylation sites (N-methyl/N-ethyl adjacent to an activating group) is 1. The van der Waals surface area contributed by atoms with Crippen LogP contribution in [0, 0.1) is 17.8 Å². The van der Waals surface area contributed by atoms with Gasteiger partial charge in [-0.2, -0.15) is 0 Å². The molecule has 0 aromatic heterocycles. The van der Waals surface area contributed by atoms with E-state index in [9.17, 15) is 34.2 Å². The summed E-state index contributed by atoms with van der Waals surface area (Å²) < 4.78 is 57.4. The molecule has 0 unspecified atom stereocenters. The van der Waals surface area contributed by atoms with Crippen molar-refractivity contribution >= 4 is 29.7 Å². The Labute approximate surface area is 398 Å². The molecule has 18 atom stereocenters. The van der Waals surface area contributed by atoms with Crippen molar-refractivity contribution in [3.63, 3.8) is 0 Å². The molecule has 0 radical (unpaired) electrons. The third-order valence-electron chi connectivity index (χ3n) is 14.5. The summed E-state index contributed by atoms with van der Waals surface area (Å²) in [6, 6.07) is -1.65. The van der Waals surface area contributed by atoms with Crippen LogP contribution in [0.5, 0.6) is 0 Å². The molecule has 3 saturated heterocycles. The van der Waals surface area contributed by atoms with E-state index in [-0.39, 0.29) is 31.6 Å². The van der Waals surface area contributed by atoms with Crippen molar-refractivity contribution < 1.29 is 76.8 Å². The monoisotopic (exact) mass is 960 g/mol. The number of nitrogens with one attached hydrogen (secondary N) is 1. The molecule has 3 rings (SSSR count). The standard InChI is InChI=1S/C48H85N3O16/c1-18-35-48(14,58)40(55)30(8)49-43(56)26(4)24-46(12,59-16)41(67-45-39(63-33(11)53)34(23-27(5)61-45)50(15)32(10)52)28(6)38(29(7)44(57)64-35)66-37-25-47(13,60-17)42(31(9)62-37)65-36(54)21-22-51(19-2)20-3/h26-31,34-35,37-42,45,55,58H,18-25H2,1-17H3,(H,49,56)/t26-,27-,28+,29-,30-,31+,34+,35-,37+,38+,39-,40-,41-,42+,45+,46-,47-,48-/m1/s1. The van der Waals surface area contributed by atoms with Crippen molar-refractivity contribution in [3.05, 3.63) is 0 Å². The van der Waals surface area contributed by atoms with Crippen LogP contribution < -0.4 is 5.32 Å². The Morgan fingerprint density at radius 2 is 1.45 bits per heavy atom. The van der Waals surface area contributed by atoms with Crippen LogP contribution in [0.1, 0.15) is 129 Å². The molecule has 0 aromatic carbocycles. The predicted molar refractivity (Wildman–Crippen MR) is 245 cm³/mol. The fraction of sp³-hybridized carbons (Fsp3) is 0.896. The highest BCUT2D eigenvalue weighted by Crippen LogP contribution is 2.42. The minimum atomic E-state index is -2.01. The molecule has 0 aromatic rings. The van der Waals surface area contributed by atoms with E-state index in [0.717, 1.165) is 13.1 Å². The Morgan fingerprint density at radius 3 is 1.99 bits per heavy atom. The molecule has 3 N–H and O–H groups in total. The lowest BCUT2D eigenvalue weighted by molar-refractivity contribution is -0.320. The second kappa shape index (κ2) is 24.7. The van der Waals surface area contributed by atoms with Gasteiger partial charge in [0.1, 0.15) is 23.4 Å². The van der Waals surface area contributed by atoms with Gasteiger partial charge in [0.05, 0.1) is 54.4 Å². The minimum absolute atomic E-state index is 0.00396. The van der Waals surface area contributed by atoms with Gasteiger partial charge in [-0.25, -0.2) is 0 Å². The zero-order valence-electron chi connectivity index (χ0n) is 43.3. The average Bonchev–Trinajstić information content (AvgIpc) is 3.26. The van der Waals surface area contributed by atoms with E-state index >= 15 is 0 Å². The molecular formula is C48H85N3O16. The van der Waals surface area contributed by atoms with Gasteiger partial charge in [0, 0.05) is 59.9 Å². The van der Waals surface area contributed by atoms with Crippen LogP contribution in [0.4, 0.5) is 0 Å². The van der Waals surface area contributed by atoms with E-state index in [4.69, 9.17) is 42.6 Å². The van der Waals surface area contributed by atoms with Crippen LogP contribution in [-0.4, -0.2) is 181 Å². The van der Waals surface area contributed by atoms with E-state index in [1.807, 2.05) is 20.8 Å². The van der Waals surface area contributed by atoms with Crippen LogP contribution in [0.15, 0.2) is 0 Å². The summed E-state index contributed by atoms with van der Waals surface area (Å²) in [4.78, 5) is 71.0. The molecular weight excluding hydrogens is 875 g/mol. The van der Waals surface area contributed by atoms with Gasteiger partial charge >= 0.3 is 17.9 Å². The maximum absolute atomic E-state index is 14.6. The number of amides is 2. The zero-order valence-corrected chi connectivity index (χ0v) is 43.3. The number of aliphatic hydroxyl groups excluding tert-OH is 1. The normalized spacial score (nSPS) is 40.4. The molecule has 19 nitrogen and oxygen atoms in total. The lowest BCUT2D eigenvalue weighted by Gasteiger charge is -2.50. The van der Waals surface area contributed by atoms with E-state index in [1.54, 1.807) is 62.4 Å². The summed E-state index contributed by atoms with van der Waals surface area (Å²) in [5, 5.41) is 26.1. The van der Waals surface area contributed by atoms with Crippen molar-refractivity contribution in [1.29, 1.82) is 0 Å². The number of ether oxygens (including phenoxy) is 9. The first-order chi connectivity index (χ1) is 31.1. The zero-order chi connectivity index (χ0) is 50.9. The highest BCUT2D eigenvalue weighted by atomic mass is 16.7. The molecule has 19 heteroatoms. The van der Waals surface area contributed by atoms with Gasteiger partial charge in [0.2, 0.25) is 11.8 Å². The first-order valence-corrected chi connectivity index (χ1v) is 24.1. The number of aliphatic hydroxyl groups is 2. The Bertz CT molecular complexity index is 1650. The van der Waals surface area contributed by atoms with Crippen molar-refractivity contribution in [2.24, 2.45) is 17.8 Å². The van der Waals surface area contributed by atoms with E-state index in [2.05, 4.69) is 10.2 Å². The number of esters is 3. The average molecular weight is 960 g/mol. The largest absolute Gasteiger partial charge is 0.459 e. The first kappa shape index (κ1) is 58.3. The summed E-state index contributed by atoms with van der Waals surface area (Å²) in [6.45, 7) is 25.6. The Hall–Kier alpha value is -3.01. The maximum atomic E-state index is 14.6. The predicted octanol–water partition coefficient (Wildman–Crippen LogP) is 3.51. The Kier molecular flexibility index (Phi) is 21.5. The third kappa shape index (κ3) is 14.3. The molecule has 3 heterocycles. The highest BCUT2D eigenvalue weighted by molar-refractivity contribution is 5.79. The number of carbonyl (C=O) groups is 5. The summed E-state index contributed by atoms with van der Waals surface area (Å²) >= 11 is 0. The number of nitrogens with zero attached hydrogens (tertiary/aromatic N) is 2. The summed E-state index contributed by atoms with van der Waals surface area (Å²) in [5.74, 6) is -5.39. The number of carbonyl (C=O) groups excluding carboxylic acids is 5. The molecule has 0 spiro atoms.